The van der Waals surface area contributed by atoms with Crippen LogP contribution in [0, 0.1) is 0 Å². The third-order valence-electron chi connectivity index (χ3n) is 5.11. The molecule has 2 aromatic carbocycles. The van der Waals surface area contributed by atoms with Gasteiger partial charge in [0.15, 0.2) is 11.5 Å². The van der Waals surface area contributed by atoms with Gasteiger partial charge in [-0.15, -0.1) is 11.8 Å². The largest absolute Gasteiger partial charge is 0.454 e. The normalized spacial score (nSPS) is 12.3. The van der Waals surface area contributed by atoms with Crippen molar-refractivity contribution in [3.05, 3.63) is 89.9 Å². The first kappa shape index (κ1) is 19.5. The Balaban J connectivity index is 1.30. The third-order valence-corrected chi connectivity index (χ3v) is 6.22. The summed E-state index contributed by atoms with van der Waals surface area (Å²) < 4.78 is 12.8. The van der Waals surface area contributed by atoms with E-state index in [0.717, 1.165) is 33.3 Å². The minimum atomic E-state index is -0.0178. The van der Waals surface area contributed by atoms with Crippen LogP contribution in [0.3, 0.4) is 0 Å². The highest BCUT2D eigenvalue weighted by atomic mass is 32.2. The zero-order valence-electron chi connectivity index (χ0n) is 17.0. The molecule has 0 aliphatic carbocycles. The van der Waals surface area contributed by atoms with Gasteiger partial charge in [-0.25, -0.2) is 4.98 Å². The van der Waals surface area contributed by atoms with Crippen LogP contribution in [0.5, 0.6) is 11.5 Å². The quantitative estimate of drug-likeness (QED) is 0.417. The van der Waals surface area contributed by atoms with E-state index < -0.39 is 0 Å². The Morgan fingerprint density at radius 1 is 1.10 bits per heavy atom. The fourth-order valence-electron chi connectivity index (χ4n) is 3.57. The minimum Gasteiger partial charge on any atom is -0.454 e. The molecule has 0 saturated heterocycles. The van der Waals surface area contributed by atoms with E-state index in [0.29, 0.717) is 17.9 Å². The Kier molecular flexibility index (Phi) is 5.26. The molecular weight excluding hydrogens is 410 g/mol. The van der Waals surface area contributed by atoms with Crippen LogP contribution >= 0.6 is 11.8 Å². The molecule has 4 aromatic rings. The standard InChI is InChI=1S/C24H21N3O3S/c1-26(13-17-9-10-20-21(12-17)30-16-29-20)24(28)19-6-2-3-7-22(19)31-15-18-14-27-11-5-4-8-23(27)25-18/h2-12,14H,13,15-16H2,1H3. The van der Waals surface area contributed by atoms with E-state index in [4.69, 9.17) is 9.47 Å². The van der Waals surface area contributed by atoms with Gasteiger partial charge in [0, 0.05) is 36.6 Å². The monoisotopic (exact) mass is 431 g/mol. The van der Waals surface area contributed by atoms with E-state index in [1.54, 1.807) is 16.7 Å². The number of imidazole rings is 1. The molecule has 1 amide bonds. The van der Waals surface area contributed by atoms with Gasteiger partial charge in [-0.1, -0.05) is 24.3 Å². The number of pyridine rings is 1. The number of amides is 1. The molecule has 6 nitrogen and oxygen atoms in total. The molecule has 2 aromatic heterocycles. The van der Waals surface area contributed by atoms with Gasteiger partial charge >= 0.3 is 0 Å². The molecule has 0 N–H and O–H groups in total. The SMILES string of the molecule is CN(Cc1ccc2c(c1)OCO2)C(=O)c1ccccc1SCc1cn2ccccc2n1. The van der Waals surface area contributed by atoms with Gasteiger partial charge in [0.2, 0.25) is 6.79 Å². The van der Waals surface area contributed by atoms with Crippen molar-refractivity contribution in [1.29, 1.82) is 0 Å². The van der Waals surface area contributed by atoms with Gasteiger partial charge in [0.05, 0.1) is 11.3 Å². The predicted molar refractivity (Wildman–Crippen MR) is 120 cm³/mol. The number of ether oxygens (including phenoxy) is 2. The van der Waals surface area contributed by atoms with Crippen molar-refractivity contribution >= 4 is 23.3 Å². The average molecular weight is 432 g/mol. The molecule has 7 heteroatoms. The van der Waals surface area contributed by atoms with Crippen LogP contribution in [-0.2, 0) is 12.3 Å². The zero-order valence-corrected chi connectivity index (χ0v) is 17.8. The van der Waals surface area contributed by atoms with Gasteiger partial charge in [0.25, 0.3) is 5.91 Å². The molecule has 0 saturated carbocycles. The topological polar surface area (TPSA) is 56.1 Å². The van der Waals surface area contributed by atoms with E-state index in [9.17, 15) is 4.79 Å². The van der Waals surface area contributed by atoms with Gasteiger partial charge in [-0.2, -0.15) is 0 Å². The lowest BCUT2D eigenvalue weighted by Crippen LogP contribution is -2.26. The van der Waals surface area contributed by atoms with Crippen molar-refractivity contribution < 1.29 is 14.3 Å². The number of hydrogen-bond acceptors (Lipinski definition) is 5. The highest BCUT2D eigenvalue weighted by Gasteiger charge is 2.18. The van der Waals surface area contributed by atoms with E-state index in [2.05, 4.69) is 4.98 Å². The molecule has 156 valence electrons. The molecule has 0 fully saturated rings. The molecular formula is C24H21N3O3S. The van der Waals surface area contributed by atoms with Gasteiger partial charge in [-0.05, 0) is 42.0 Å². The number of fused-ring (bicyclic) bond motifs is 2. The zero-order chi connectivity index (χ0) is 21.2. The number of carbonyl (C=O) groups excluding carboxylic acids is 1. The highest BCUT2D eigenvalue weighted by molar-refractivity contribution is 7.98. The summed E-state index contributed by atoms with van der Waals surface area (Å²) in [7, 11) is 1.82. The van der Waals surface area contributed by atoms with Crippen molar-refractivity contribution in [2.75, 3.05) is 13.8 Å². The van der Waals surface area contributed by atoms with Crippen LogP contribution in [-0.4, -0.2) is 34.0 Å². The number of hydrogen-bond donors (Lipinski definition) is 0. The van der Waals surface area contributed by atoms with E-state index in [-0.39, 0.29) is 12.7 Å². The van der Waals surface area contributed by atoms with Crippen LogP contribution in [0.4, 0.5) is 0 Å². The summed E-state index contributed by atoms with van der Waals surface area (Å²) in [6.07, 6.45) is 4.01. The number of nitrogens with zero attached hydrogens (tertiary/aromatic N) is 3. The Bertz CT molecular complexity index is 1220. The Labute approximate surface area is 184 Å². The molecule has 5 rings (SSSR count). The van der Waals surface area contributed by atoms with Crippen LogP contribution in [0.1, 0.15) is 21.6 Å². The van der Waals surface area contributed by atoms with Crippen LogP contribution in [0.15, 0.2) is 78.0 Å². The number of thioether (sulfide) groups is 1. The van der Waals surface area contributed by atoms with Crippen molar-refractivity contribution in [2.45, 2.75) is 17.2 Å². The Morgan fingerprint density at radius 3 is 2.84 bits per heavy atom. The number of rotatable bonds is 6. The van der Waals surface area contributed by atoms with Gasteiger partial charge in [0.1, 0.15) is 5.65 Å². The maximum atomic E-state index is 13.2. The molecule has 31 heavy (non-hydrogen) atoms. The van der Waals surface area contributed by atoms with E-state index >= 15 is 0 Å². The molecule has 1 aliphatic rings. The fraction of sp³-hybridized carbons (Fsp3) is 0.167. The fourth-order valence-corrected chi connectivity index (χ4v) is 4.50. The summed E-state index contributed by atoms with van der Waals surface area (Å²) >= 11 is 1.62. The molecule has 3 heterocycles. The van der Waals surface area contributed by atoms with Crippen molar-refractivity contribution in [3.63, 3.8) is 0 Å². The number of carbonyl (C=O) groups is 1. The molecule has 0 spiro atoms. The number of benzene rings is 2. The summed E-state index contributed by atoms with van der Waals surface area (Å²) in [5, 5.41) is 0. The maximum absolute atomic E-state index is 13.2. The molecule has 0 bridgehead atoms. The summed E-state index contributed by atoms with van der Waals surface area (Å²) in [6.45, 7) is 0.728. The minimum absolute atomic E-state index is 0.0178. The Morgan fingerprint density at radius 2 is 1.94 bits per heavy atom. The van der Waals surface area contributed by atoms with E-state index in [1.807, 2.05) is 84.5 Å². The first-order chi connectivity index (χ1) is 15.2. The second kappa shape index (κ2) is 8.35. The Hall–Kier alpha value is -3.45. The predicted octanol–water partition coefficient (Wildman–Crippen LogP) is 4.63. The van der Waals surface area contributed by atoms with Gasteiger partial charge < -0.3 is 18.8 Å². The molecule has 1 aliphatic heterocycles. The van der Waals surface area contributed by atoms with Crippen molar-refractivity contribution in [2.24, 2.45) is 0 Å². The highest BCUT2D eigenvalue weighted by Crippen LogP contribution is 2.33. The molecule has 0 atom stereocenters. The summed E-state index contributed by atoms with van der Waals surface area (Å²) in [4.78, 5) is 20.5. The lowest BCUT2D eigenvalue weighted by Gasteiger charge is -2.19. The third kappa shape index (κ3) is 4.09. The van der Waals surface area contributed by atoms with Crippen LogP contribution < -0.4 is 9.47 Å². The second-order valence-corrected chi connectivity index (χ2v) is 8.35. The lowest BCUT2D eigenvalue weighted by molar-refractivity contribution is 0.0781. The summed E-state index contributed by atoms with van der Waals surface area (Å²) in [6, 6.07) is 19.4. The first-order valence-electron chi connectivity index (χ1n) is 9.96. The van der Waals surface area contributed by atoms with Gasteiger partial charge in [-0.3, -0.25) is 4.79 Å². The van der Waals surface area contributed by atoms with Crippen molar-refractivity contribution in [3.8, 4) is 11.5 Å². The maximum Gasteiger partial charge on any atom is 0.255 e. The van der Waals surface area contributed by atoms with E-state index in [1.165, 1.54) is 0 Å². The number of aromatic nitrogens is 2. The average Bonchev–Trinajstić information content (AvgIpc) is 3.43. The van der Waals surface area contributed by atoms with Crippen molar-refractivity contribution in [1.82, 2.24) is 14.3 Å². The molecule has 0 unspecified atom stereocenters. The summed E-state index contributed by atoms with van der Waals surface area (Å²) in [5.41, 5.74) is 3.59. The first-order valence-corrected chi connectivity index (χ1v) is 10.9. The van der Waals surface area contributed by atoms with Crippen LogP contribution in [0.2, 0.25) is 0 Å². The lowest BCUT2D eigenvalue weighted by atomic mass is 10.1. The second-order valence-electron chi connectivity index (χ2n) is 7.33. The summed E-state index contributed by atoms with van der Waals surface area (Å²) in [5.74, 6) is 2.14. The smallest absolute Gasteiger partial charge is 0.255 e. The van der Waals surface area contributed by atoms with Crippen LogP contribution in [0.25, 0.3) is 5.65 Å². The molecule has 0 radical (unpaired) electrons.